The molecule has 0 amide bonds. The lowest BCUT2D eigenvalue weighted by atomic mass is 10.4. The number of pyridine rings is 1. The van der Waals surface area contributed by atoms with E-state index in [0.29, 0.717) is 16.4 Å². The summed E-state index contributed by atoms with van der Waals surface area (Å²) in [5.74, 6) is 0.969. The van der Waals surface area contributed by atoms with Crippen molar-refractivity contribution < 1.29 is 0 Å². The molecule has 0 aliphatic heterocycles. The molecule has 0 aromatic carbocycles. The van der Waals surface area contributed by atoms with Crippen LogP contribution in [0.2, 0.25) is 0 Å². The lowest BCUT2D eigenvalue weighted by molar-refractivity contribution is 1.11. The molecule has 3 nitrogen and oxygen atoms in total. The van der Waals surface area contributed by atoms with Crippen LogP contribution in [-0.4, -0.2) is 11.0 Å². The van der Waals surface area contributed by atoms with Gasteiger partial charge in [-0.05, 0) is 25.0 Å². The van der Waals surface area contributed by atoms with Gasteiger partial charge in [0.1, 0.15) is 10.5 Å². The molecule has 1 heterocycles. The monoisotopic (exact) mass is 181 g/mol. The van der Waals surface area contributed by atoms with E-state index in [1.54, 1.807) is 0 Å². The van der Waals surface area contributed by atoms with E-state index in [9.17, 15) is 0 Å². The molecule has 1 aliphatic rings. The summed E-state index contributed by atoms with van der Waals surface area (Å²) in [7, 11) is 0. The summed E-state index contributed by atoms with van der Waals surface area (Å²) in [4.78, 5) is 3.03. The van der Waals surface area contributed by atoms with Crippen molar-refractivity contribution in [3.05, 3.63) is 16.8 Å². The fourth-order valence-corrected chi connectivity index (χ4v) is 1.19. The molecule has 0 unspecified atom stereocenters. The van der Waals surface area contributed by atoms with Gasteiger partial charge in [0, 0.05) is 6.04 Å². The van der Waals surface area contributed by atoms with Crippen molar-refractivity contribution in [2.24, 2.45) is 0 Å². The van der Waals surface area contributed by atoms with Crippen LogP contribution in [0.1, 0.15) is 12.8 Å². The SMILES string of the molecule is Nc1ccc(NC2CC2)[nH]c1=S. The van der Waals surface area contributed by atoms with E-state index in [-0.39, 0.29) is 0 Å². The Bertz CT molecular complexity index is 340. The van der Waals surface area contributed by atoms with E-state index in [4.69, 9.17) is 18.0 Å². The minimum Gasteiger partial charge on any atom is -0.396 e. The standard InChI is InChI=1S/C8H11N3S/c9-6-3-4-7(11-8(6)12)10-5-1-2-5/h3-5H,1-2,9H2,(H2,10,11,12). The van der Waals surface area contributed by atoms with Crippen molar-refractivity contribution in [2.75, 3.05) is 11.1 Å². The Morgan fingerprint density at radius 1 is 1.50 bits per heavy atom. The molecule has 1 aromatic rings. The second kappa shape index (κ2) is 2.79. The smallest absolute Gasteiger partial charge is 0.128 e. The highest BCUT2D eigenvalue weighted by Crippen LogP contribution is 2.23. The molecule has 0 spiro atoms. The highest BCUT2D eigenvalue weighted by Gasteiger charge is 2.20. The van der Waals surface area contributed by atoms with Gasteiger partial charge >= 0.3 is 0 Å². The molecule has 0 bridgehead atoms. The van der Waals surface area contributed by atoms with E-state index in [2.05, 4.69) is 10.3 Å². The van der Waals surface area contributed by atoms with E-state index in [1.807, 2.05) is 12.1 Å². The number of nitrogens with two attached hydrogens (primary N) is 1. The Morgan fingerprint density at radius 3 is 2.83 bits per heavy atom. The molecular formula is C8H11N3S. The average molecular weight is 181 g/mol. The zero-order chi connectivity index (χ0) is 8.55. The van der Waals surface area contributed by atoms with E-state index in [0.717, 1.165) is 5.82 Å². The predicted octanol–water partition coefficient (Wildman–Crippen LogP) is 1.90. The van der Waals surface area contributed by atoms with Gasteiger partial charge in [-0.15, -0.1) is 0 Å². The molecule has 0 radical (unpaired) electrons. The van der Waals surface area contributed by atoms with Crippen molar-refractivity contribution in [1.82, 2.24) is 4.98 Å². The van der Waals surface area contributed by atoms with Crippen molar-refractivity contribution in [3.63, 3.8) is 0 Å². The molecule has 1 aromatic heterocycles. The lowest BCUT2D eigenvalue weighted by Gasteiger charge is -2.04. The summed E-state index contributed by atoms with van der Waals surface area (Å²) in [6, 6.07) is 4.38. The third-order valence-corrected chi connectivity index (χ3v) is 2.21. The number of anilines is 2. The van der Waals surface area contributed by atoms with Crippen LogP contribution in [-0.2, 0) is 0 Å². The molecule has 4 N–H and O–H groups in total. The fraction of sp³-hybridized carbons (Fsp3) is 0.375. The van der Waals surface area contributed by atoms with E-state index >= 15 is 0 Å². The van der Waals surface area contributed by atoms with E-state index < -0.39 is 0 Å². The van der Waals surface area contributed by atoms with Crippen molar-refractivity contribution in [2.45, 2.75) is 18.9 Å². The number of H-pyrrole nitrogens is 1. The van der Waals surface area contributed by atoms with E-state index in [1.165, 1.54) is 12.8 Å². The minimum atomic E-state index is 0.612. The van der Waals surface area contributed by atoms with Crippen molar-refractivity contribution in [1.29, 1.82) is 0 Å². The third-order valence-electron chi connectivity index (χ3n) is 1.88. The predicted molar refractivity (Wildman–Crippen MR) is 52.7 cm³/mol. The first-order valence-electron chi connectivity index (χ1n) is 4.01. The highest BCUT2D eigenvalue weighted by atomic mass is 32.1. The van der Waals surface area contributed by atoms with Crippen LogP contribution < -0.4 is 11.1 Å². The maximum absolute atomic E-state index is 5.57. The second-order valence-electron chi connectivity index (χ2n) is 3.08. The zero-order valence-electron chi connectivity index (χ0n) is 6.63. The van der Waals surface area contributed by atoms with Gasteiger partial charge in [-0.1, -0.05) is 12.2 Å². The van der Waals surface area contributed by atoms with Gasteiger partial charge in [0.05, 0.1) is 5.69 Å². The highest BCUT2D eigenvalue weighted by molar-refractivity contribution is 7.71. The maximum Gasteiger partial charge on any atom is 0.128 e. The van der Waals surface area contributed by atoms with Crippen LogP contribution in [0.15, 0.2) is 12.1 Å². The topological polar surface area (TPSA) is 53.8 Å². The number of nitrogen functional groups attached to an aromatic ring is 1. The zero-order valence-corrected chi connectivity index (χ0v) is 7.45. The minimum absolute atomic E-state index is 0.612. The molecule has 1 aliphatic carbocycles. The summed E-state index contributed by atoms with van der Waals surface area (Å²) in [5.41, 5.74) is 6.20. The largest absolute Gasteiger partial charge is 0.396 e. The van der Waals surface area contributed by atoms with Gasteiger partial charge in [-0.25, -0.2) is 0 Å². The Balaban J connectivity index is 2.21. The Morgan fingerprint density at radius 2 is 2.25 bits per heavy atom. The molecule has 0 atom stereocenters. The number of hydrogen-bond donors (Lipinski definition) is 3. The summed E-state index contributed by atoms with van der Waals surface area (Å²) >= 11 is 4.99. The summed E-state index contributed by atoms with van der Waals surface area (Å²) < 4.78 is 0.612. The molecule has 0 saturated heterocycles. The lowest BCUT2D eigenvalue weighted by Crippen LogP contribution is -2.03. The van der Waals surface area contributed by atoms with Crippen LogP contribution in [0.25, 0.3) is 0 Å². The number of aromatic amines is 1. The van der Waals surface area contributed by atoms with Crippen LogP contribution in [0.5, 0.6) is 0 Å². The number of rotatable bonds is 2. The van der Waals surface area contributed by atoms with Crippen LogP contribution >= 0.6 is 12.2 Å². The molecular weight excluding hydrogens is 170 g/mol. The van der Waals surface area contributed by atoms with Crippen LogP contribution in [0, 0.1) is 4.64 Å². The first kappa shape index (κ1) is 7.61. The number of aromatic nitrogens is 1. The number of hydrogen-bond acceptors (Lipinski definition) is 3. The first-order valence-corrected chi connectivity index (χ1v) is 4.42. The summed E-state index contributed by atoms with van der Waals surface area (Å²) in [6.45, 7) is 0. The molecule has 1 saturated carbocycles. The Labute approximate surface area is 76.0 Å². The molecule has 1 fully saturated rings. The number of nitrogens with one attached hydrogen (secondary N) is 2. The Kier molecular flexibility index (Phi) is 1.77. The van der Waals surface area contributed by atoms with Crippen LogP contribution in [0.3, 0.4) is 0 Å². The summed E-state index contributed by atoms with van der Waals surface area (Å²) in [6.07, 6.45) is 2.51. The van der Waals surface area contributed by atoms with Crippen molar-refractivity contribution in [3.8, 4) is 0 Å². The molecule has 64 valence electrons. The fourth-order valence-electron chi connectivity index (χ4n) is 1.02. The second-order valence-corrected chi connectivity index (χ2v) is 3.48. The maximum atomic E-state index is 5.57. The average Bonchev–Trinajstić information content (AvgIpc) is 2.81. The normalized spacial score (nSPS) is 16.0. The molecule has 2 rings (SSSR count). The van der Waals surface area contributed by atoms with Gasteiger partial charge in [0.2, 0.25) is 0 Å². The summed E-state index contributed by atoms with van der Waals surface area (Å²) in [5, 5.41) is 3.31. The van der Waals surface area contributed by atoms with Crippen molar-refractivity contribution >= 4 is 23.7 Å². The molecule has 4 heteroatoms. The first-order chi connectivity index (χ1) is 5.75. The third kappa shape index (κ3) is 1.58. The van der Waals surface area contributed by atoms with Gasteiger partial charge in [-0.2, -0.15) is 0 Å². The van der Waals surface area contributed by atoms with Gasteiger partial charge in [-0.3, -0.25) is 0 Å². The molecule has 12 heavy (non-hydrogen) atoms. The Hall–Kier alpha value is -1.03. The van der Waals surface area contributed by atoms with Crippen LogP contribution in [0.4, 0.5) is 11.5 Å². The quantitative estimate of drug-likeness (QED) is 0.611. The van der Waals surface area contributed by atoms with Gasteiger partial charge in [0.25, 0.3) is 0 Å². The van der Waals surface area contributed by atoms with Gasteiger partial charge < -0.3 is 16.0 Å². The van der Waals surface area contributed by atoms with Gasteiger partial charge in [0.15, 0.2) is 0 Å².